The maximum absolute atomic E-state index is 9.42. The van der Waals surface area contributed by atoms with Crippen LogP contribution in [0.25, 0.3) is 0 Å². The number of fused-ring (bicyclic) bond motifs is 1. The van der Waals surface area contributed by atoms with Gasteiger partial charge in [0.15, 0.2) is 0 Å². The summed E-state index contributed by atoms with van der Waals surface area (Å²) in [6.07, 6.45) is 12.5. The molecule has 1 heterocycles. The Morgan fingerprint density at radius 2 is 2.15 bits per heavy atom. The van der Waals surface area contributed by atoms with Gasteiger partial charge >= 0.3 is 0 Å². The molecule has 0 spiro atoms. The first-order valence-corrected chi connectivity index (χ1v) is 7.43. The van der Waals surface area contributed by atoms with Crippen LogP contribution in [0.3, 0.4) is 0 Å². The third-order valence-corrected chi connectivity index (χ3v) is 4.16. The molecule has 0 bridgehead atoms. The van der Waals surface area contributed by atoms with Crippen molar-refractivity contribution in [3.8, 4) is 18.4 Å². The molecule has 0 amide bonds. The van der Waals surface area contributed by atoms with Gasteiger partial charge in [-0.15, -0.1) is 6.42 Å². The lowest BCUT2D eigenvalue weighted by molar-refractivity contribution is 0.662. The van der Waals surface area contributed by atoms with E-state index in [1.807, 2.05) is 6.07 Å². The van der Waals surface area contributed by atoms with E-state index in [1.54, 1.807) is 0 Å². The van der Waals surface area contributed by atoms with E-state index < -0.39 is 0 Å². The van der Waals surface area contributed by atoms with Crippen molar-refractivity contribution >= 4 is 5.82 Å². The molecule has 0 atom stereocenters. The molecule has 1 saturated carbocycles. The predicted molar refractivity (Wildman–Crippen MR) is 79.4 cm³/mol. The zero-order valence-corrected chi connectivity index (χ0v) is 11.7. The van der Waals surface area contributed by atoms with Crippen LogP contribution < -0.4 is 4.90 Å². The van der Waals surface area contributed by atoms with Gasteiger partial charge in [-0.2, -0.15) is 5.26 Å². The Labute approximate surface area is 120 Å². The minimum Gasteiger partial charge on any atom is -0.344 e. The molecule has 0 unspecified atom stereocenters. The lowest BCUT2D eigenvalue weighted by Gasteiger charge is -2.25. The molecule has 0 radical (unpaired) electrons. The number of nitriles is 1. The molecule has 3 heteroatoms. The average molecular weight is 265 g/mol. The van der Waals surface area contributed by atoms with Gasteiger partial charge in [-0.05, 0) is 56.1 Å². The maximum atomic E-state index is 9.42. The molecular formula is C17H19N3. The van der Waals surface area contributed by atoms with Gasteiger partial charge in [0.05, 0.1) is 12.1 Å². The van der Waals surface area contributed by atoms with Gasteiger partial charge in [-0.25, -0.2) is 4.98 Å². The fourth-order valence-electron chi connectivity index (χ4n) is 2.89. The number of terminal acetylenes is 1. The summed E-state index contributed by atoms with van der Waals surface area (Å²) in [7, 11) is 0. The fourth-order valence-corrected chi connectivity index (χ4v) is 2.89. The van der Waals surface area contributed by atoms with Crippen LogP contribution in [0, 0.1) is 29.6 Å². The van der Waals surface area contributed by atoms with Crippen molar-refractivity contribution in [1.29, 1.82) is 5.26 Å². The first kappa shape index (κ1) is 13.0. The van der Waals surface area contributed by atoms with E-state index in [4.69, 9.17) is 11.4 Å². The number of aryl methyl sites for hydroxylation is 2. The maximum Gasteiger partial charge on any atom is 0.147 e. The Bertz CT molecular complexity index is 587. The van der Waals surface area contributed by atoms with E-state index in [0.717, 1.165) is 31.1 Å². The number of nitrogens with zero attached hydrogens (tertiary/aromatic N) is 3. The van der Waals surface area contributed by atoms with Crippen LogP contribution in [0.2, 0.25) is 0 Å². The lowest BCUT2D eigenvalue weighted by Crippen LogP contribution is -2.28. The van der Waals surface area contributed by atoms with Gasteiger partial charge in [0.2, 0.25) is 0 Å². The molecule has 0 aromatic carbocycles. The molecular weight excluding hydrogens is 246 g/mol. The van der Waals surface area contributed by atoms with Crippen molar-refractivity contribution in [1.82, 2.24) is 4.98 Å². The monoisotopic (exact) mass is 265 g/mol. The number of rotatable bonds is 4. The second kappa shape index (κ2) is 5.55. The predicted octanol–water partition coefficient (Wildman–Crippen LogP) is 2.68. The third-order valence-electron chi connectivity index (χ3n) is 4.16. The van der Waals surface area contributed by atoms with Gasteiger partial charge in [0.25, 0.3) is 0 Å². The molecule has 2 aliphatic carbocycles. The highest BCUT2D eigenvalue weighted by Gasteiger charge is 2.26. The van der Waals surface area contributed by atoms with Crippen molar-refractivity contribution in [2.24, 2.45) is 5.92 Å². The minimum atomic E-state index is 0.539. The minimum absolute atomic E-state index is 0.539. The Morgan fingerprint density at radius 1 is 1.35 bits per heavy atom. The smallest absolute Gasteiger partial charge is 0.147 e. The molecule has 3 rings (SSSR count). The van der Waals surface area contributed by atoms with Crippen LogP contribution in [-0.4, -0.2) is 18.1 Å². The van der Waals surface area contributed by atoms with Crippen LogP contribution in [0.4, 0.5) is 5.82 Å². The molecule has 0 aliphatic heterocycles. The SMILES string of the molecule is C#CCN(CC1CC1)c1nc2c(cc1C#N)CCCC2. The third kappa shape index (κ3) is 2.63. The van der Waals surface area contributed by atoms with Crippen molar-refractivity contribution < 1.29 is 0 Å². The van der Waals surface area contributed by atoms with E-state index in [9.17, 15) is 5.26 Å². The standard InChI is InChI=1S/C17H19N3/c1-2-9-20(12-13-7-8-13)17-15(11-18)10-14-5-3-4-6-16(14)19-17/h1,10,13H,3-9,12H2. The first-order chi connectivity index (χ1) is 9.81. The first-order valence-electron chi connectivity index (χ1n) is 7.43. The number of hydrogen-bond donors (Lipinski definition) is 0. The van der Waals surface area contributed by atoms with E-state index in [2.05, 4.69) is 16.9 Å². The molecule has 20 heavy (non-hydrogen) atoms. The van der Waals surface area contributed by atoms with Crippen molar-refractivity contribution in [3.05, 3.63) is 22.9 Å². The summed E-state index contributed by atoms with van der Waals surface area (Å²) in [6.45, 7) is 1.47. The zero-order valence-electron chi connectivity index (χ0n) is 11.7. The topological polar surface area (TPSA) is 39.9 Å². The van der Waals surface area contributed by atoms with E-state index in [-0.39, 0.29) is 0 Å². The van der Waals surface area contributed by atoms with E-state index in [1.165, 1.54) is 36.9 Å². The number of pyridine rings is 1. The molecule has 1 fully saturated rings. The Hall–Kier alpha value is -2.00. The number of hydrogen-bond acceptors (Lipinski definition) is 3. The lowest BCUT2D eigenvalue weighted by atomic mass is 9.95. The second-order valence-corrected chi connectivity index (χ2v) is 5.81. The highest BCUT2D eigenvalue weighted by atomic mass is 15.2. The largest absolute Gasteiger partial charge is 0.344 e. The van der Waals surface area contributed by atoms with Crippen LogP contribution in [0.5, 0.6) is 0 Å². The van der Waals surface area contributed by atoms with Gasteiger partial charge in [0, 0.05) is 12.2 Å². The molecule has 1 aromatic heterocycles. The summed E-state index contributed by atoms with van der Waals surface area (Å²) in [6, 6.07) is 4.34. The van der Waals surface area contributed by atoms with E-state index >= 15 is 0 Å². The molecule has 0 N–H and O–H groups in total. The molecule has 2 aliphatic rings. The highest BCUT2D eigenvalue weighted by Crippen LogP contribution is 2.33. The summed E-state index contributed by atoms with van der Waals surface area (Å²) in [4.78, 5) is 6.91. The molecule has 102 valence electrons. The average Bonchev–Trinajstić information content (AvgIpc) is 3.29. The highest BCUT2D eigenvalue weighted by molar-refractivity contribution is 5.57. The number of anilines is 1. The van der Waals surface area contributed by atoms with Crippen LogP contribution in [-0.2, 0) is 12.8 Å². The number of aromatic nitrogens is 1. The summed E-state index contributed by atoms with van der Waals surface area (Å²) >= 11 is 0. The molecule has 3 nitrogen and oxygen atoms in total. The van der Waals surface area contributed by atoms with Crippen molar-refractivity contribution in [3.63, 3.8) is 0 Å². The van der Waals surface area contributed by atoms with Crippen LogP contribution in [0.1, 0.15) is 42.5 Å². The summed E-state index contributed by atoms with van der Waals surface area (Å²) in [5.41, 5.74) is 3.10. The van der Waals surface area contributed by atoms with Gasteiger partial charge in [-0.1, -0.05) is 5.92 Å². The normalized spacial score (nSPS) is 16.9. The van der Waals surface area contributed by atoms with Gasteiger partial charge in [-0.3, -0.25) is 0 Å². The Morgan fingerprint density at radius 3 is 2.85 bits per heavy atom. The summed E-state index contributed by atoms with van der Waals surface area (Å²) in [5.74, 6) is 4.24. The fraction of sp³-hybridized carbons (Fsp3) is 0.529. The Balaban J connectivity index is 1.96. The van der Waals surface area contributed by atoms with E-state index in [0.29, 0.717) is 12.1 Å². The molecule has 0 saturated heterocycles. The zero-order chi connectivity index (χ0) is 13.9. The quantitative estimate of drug-likeness (QED) is 0.786. The van der Waals surface area contributed by atoms with Crippen LogP contribution >= 0.6 is 0 Å². The molecule has 1 aromatic rings. The van der Waals surface area contributed by atoms with Crippen molar-refractivity contribution in [2.75, 3.05) is 18.0 Å². The van der Waals surface area contributed by atoms with Crippen LogP contribution in [0.15, 0.2) is 6.07 Å². The summed E-state index contributed by atoms with van der Waals surface area (Å²) in [5, 5.41) is 9.42. The van der Waals surface area contributed by atoms with Crippen molar-refractivity contribution in [2.45, 2.75) is 38.5 Å². The van der Waals surface area contributed by atoms with Gasteiger partial charge < -0.3 is 4.90 Å². The Kier molecular flexibility index (Phi) is 3.61. The second-order valence-electron chi connectivity index (χ2n) is 5.81. The summed E-state index contributed by atoms with van der Waals surface area (Å²) < 4.78 is 0. The van der Waals surface area contributed by atoms with Gasteiger partial charge in [0.1, 0.15) is 11.9 Å².